The van der Waals surface area contributed by atoms with Crippen LogP contribution in [0.5, 0.6) is 0 Å². The molecular formula is C13H20N2S. The first-order chi connectivity index (χ1) is 7.81. The molecule has 2 saturated carbocycles. The van der Waals surface area contributed by atoms with Crippen LogP contribution in [0.25, 0.3) is 0 Å². The zero-order valence-electron chi connectivity index (χ0n) is 9.91. The Bertz CT molecular complexity index is 357. The van der Waals surface area contributed by atoms with Crippen LogP contribution in [0.3, 0.4) is 0 Å². The smallest absolute Gasteiger partial charge is 0.0897 e. The fourth-order valence-corrected chi connectivity index (χ4v) is 3.18. The summed E-state index contributed by atoms with van der Waals surface area (Å²) in [5.74, 6) is 1.82. The molecule has 0 saturated heterocycles. The Kier molecular flexibility index (Phi) is 2.99. The Morgan fingerprint density at radius 2 is 2.12 bits per heavy atom. The Morgan fingerprint density at radius 3 is 2.69 bits per heavy atom. The second-order valence-corrected chi connectivity index (χ2v) is 6.40. The molecule has 2 aliphatic rings. The molecule has 0 spiro atoms. The van der Waals surface area contributed by atoms with Crippen molar-refractivity contribution in [2.45, 2.75) is 45.1 Å². The summed E-state index contributed by atoms with van der Waals surface area (Å²) in [7, 11) is 0. The van der Waals surface area contributed by atoms with Crippen LogP contribution in [0.2, 0.25) is 0 Å². The maximum absolute atomic E-state index is 4.57. The SMILES string of the molecule is Cc1nc(CC2CCC2CNC2CC2)cs1. The first-order valence-electron chi connectivity index (χ1n) is 6.45. The lowest BCUT2D eigenvalue weighted by atomic mass is 9.71. The minimum absolute atomic E-state index is 0.864. The van der Waals surface area contributed by atoms with Crippen molar-refractivity contribution < 1.29 is 0 Å². The second kappa shape index (κ2) is 4.46. The van der Waals surface area contributed by atoms with Gasteiger partial charge < -0.3 is 5.32 Å². The van der Waals surface area contributed by atoms with Gasteiger partial charge in [-0.2, -0.15) is 0 Å². The molecule has 16 heavy (non-hydrogen) atoms. The third kappa shape index (κ3) is 2.46. The van der Waals surface area contributed by atoms with Crippen molar-refractivity contribution in [2.24, 2.45) is 11.8 Å². The van der Waals surface area contributed by atoms with Crippen LogP contribution in [-0.4, -0.2) is 17.6 Å². The molecule has 3 rings (SSSR count). The van der Waals surface area contributed by atoms with Gasteiger partial charge in [-0.3, -0.25) is 0 Å². The number of hydrogen-bond donors (Lipinski definition) is 1. The highest BCUT2D eigenvalue weighted by Gasteiger charge is 2.32. The number of aromatic nitrogens is 1. The van der Waals surface area contributed by atoms with E-state index in [4.69, 9.17) is 0 Å². The first-order valence-corrected chi connectivity index (χ1v) is 7.33. The summed E-state index contributed by atoms with van der Waals surface area (Å²) in [6.45, 7) is 3.35. The predicted molar refractivity (Wildman–Crippen MR) is 67.8 cm³/mol. The van der Waals surface area contributed by atoms with Crippen molar-refractivity contribution in [1.82, 2.24) is 10.3 Å². The summed E-state index contributed by atoms with van der Waals surface area (Å²) in [6, 6.07) is 0.864. The van der Waals surface area contributed by atoms with E-state index in [0.717, 1.165) is 17.9 Å². The van der Waals surface area contributed by atoms with Gasteiger partial charge in [0.2, 0.25) is 0 Å². The maximum atomic E-state index is 4.57. The zero-order chi connectivity index (χ0) is 11.0. The minimum atomic E-state index is 0.864. The van der Waals surface area contributed by atoms with Gasteiger partial charge in [-0.1, -0.05) is 0 Å². The van der Waals surface area contributed by atoms with Gasteiger partial charge in [-0.15, -0.1) is 11.3 Å². The summed E-state index contributed by atoms with van der Waals surface area (Å²) >= 11 is 1.78. The standard InChI is InChI=1S/C13H20N2S/c1-9-15-13(8-16-9)6-10-2-3-11(10)7-14-12-4-5-12/h8,10-12,14H,2-7H2,1H3. The van der Waals surface area contributed by atoms with E-state index in [2.05, 4.69) is 22.6 Å². The third-order valence-corrected chi connectivity index (χ3v) is 4.78. The summed E-state index contributed by atoms with van der Waals surface area (Å²) in [4.78, 5) is 4.57. The normalized spacial score (nSPS) is 29.1. The molecule has 2 atom stereocenters. The van der Waals surface area contributed by atoms with Crippen LogP contribution in [0.1, 0.15) is 36.4 Å². The number of thiazole rings is 1. The van der Waals surface area contributed by atoms with Gasteiger partial charge in [0.15, 0.2) is 0 Å². The van der Waals surface area contributed by atoms with Gasteiger partial charge in [-0.25, -0.2) is 4.98 Å². The highest BCUT2D eigenvalue weighted by molar-refractivity contribution is 7.09. The average Bonchev–Trinajstić information content (AvgIpc) is 2.97. The lowest BCUT2D eigenvalue weighted by Gasteiger charge is -2.36. The molecule has 0 amide bonds. The third-order valence-electron chi connectivity index (χ3n) is 3.96. The minimum Gasteiger partial charge on any atom is -0.314 e. The molecule has 2 nitrogen and oxygen atoms in total. The lowest BCUT2D eigenvalue weighted by molar-refractivity contribution is 0.169. The maximum Gasteiger partial charge on any atom is 0.0897 e. The summed E-state index contributed by atoms with van der Waals surface area (Å²) in [5.41, 5.74) is 1.32. The number of nitrogens with zero attached hydrogens (tertiary/aromatic N) is 1. The number of hydrogen-bond acceptors (Lipinski definition) is 3. The fraction of sp³-hybridized carbons (Fsp3) is 0.769. The fourth-order valence-electron chi connectivity index (χ4n) is 2.55. The van der Waals surface area contributed by atoms with Crippen molar-refractivity contribution in [3.8, 4) is 0 Å². The first kappa shape index (κ1) is 10.7. The number of aryl methyl sites for hydroxylation is 1. The molecule has 1 aromatic rings. The molecule has 1 aromatic heterocycles. The quantitative estimate of drug-likeness (QED) is 0.850. The van der Waals surface area contributed by atoms with Crippen molar-refractivity contribution in [1.29, 1.82) is 0 Å². The van der Waals surface area contributed by atoms with E-state index >= 15 is 0 Å². The average molecular weight is 236 g/mol. The van der Waals surface area contributed by atoms with Gasteiger partial charge in [-0.05, 0) is 57.4 Å². The van der Waals surface area contributed by atoms with Crippen LogP contribution in [0.15, 0.2) is 5.38 Å². The number of nitrogens with one attached hydrogen (secondary N) is 1. The van der Waals surface area contributed by atoms with E-state index in [0.29, 0.717) is 0 Å². The van der Waals surface area contributed by atoms with Crippen molar-refractivity contribution in [2.75, 3.05) is 6.54 Å². The van der Waals surface area contributed by atoms with E-state index in [-0.39, 0.29) is 0 Å². The summed E-state index contributed by atoms with van der Waals surface area (Å²) < 4.78 is 0. The molecule has 3 heteroatoms. The highest BCUT2D eigenvalue weighted by Crippen LogP contribution is 2.37. The summed E-state index contributed by atoms with van der Waals surface area (Å²) in [6.07, 6.45) is 6.85. The Balaban J connectivity index is 1.47. The Hall–Kier alpha value is -0.410. The molecule has 0 aromatic carbocycles. The van der Waals surface area contributed by atoms with E-state index in [9.17, 15) is 0 Å². The zero-order valence-corrected chi connectivity index (χ0v) is 10.7. The van der Waals surface area contributed by atoms with Gasteiger partial charge >= 0.3 is 0 Å². The number of rotatable bonds is 5. The molecule has 0 aliphatic heterocycles. The highest BCUT2D eigenvalue weighted by atomic mass is 32.1. The van der Waals surface area contributed by atoms with Crippen LogP contribution >= 0.6 is 11.3 Å². The lowest BCUT2D eigenvalue weighted by Crippen LogP contribution is -2.37. The van der Waals surface area contributed by atoms with Gasteiger partial charge in [0.1, 0.15) is 0 Å². The molecule has 0 bridgehead atoms. The molecular weight excluding hydrogens is 216 g/mol. The van der Waals surface area contributed by atoms with E-state index < -0.39 is 0 Å². The van der Waals surface area contributed by atoms with Gasteiger partial charge in [0.25, 0.3) is 0 Å². The van der Waals surface area contributed by atoms with Crippen molar-refractivity contribution in [3.05, 3.63) is 16.1 Å². The molecule has 2 unspecified atom stereocenters. The van der Waals surface area contributed by atoms with Crippen LogP contribution < -0.4 is 5.32 Å². The van der Waals surface area contributed by atoms with Crippen LogP contribution in [0.4, 0.5) is 0 Å². The van der Waals surface area contributed by atoms with Gasteiger partial charge in [0, 0.05) is 11.4 Å². The topological polar surface area (TPSA) is 24.9 Å². The molecule has 2 aliphatic carbocycles. The van der Waals surface area contributed by atoms with Crippen molar-refractivity contribution in [3.63, 3.8) is 0 Å². The van der Waals surface area contributed by atoms with Gasteiger partial charge in [0.05, 0.1) is 10.7 Å². The molecule has 2 fully saturated rings. The largest absolute Gasteiger partial charge is 0.314 e. The van der Waals surface area contributed by atoms with E-state index in [1.165, 1.54) is 49.4 Å². The Labute approximate surface area is 101 Å². The van der Waals surface area contributed by atoms with Crippen LogP contribution in [-0.2, 0) is 6.42 Å². The molecule has 88 valence electrons. The molecule has 1 heterocycles. The van der Waals surface area contributed by atoms with E-state index in [1.54, 1.807) is 11.3 Å². The molecule has 1 N–H and O–H groups in total. The summed E-state index contributed by atoms with van der Waals surface area (Å²) in [5, 5.41) is 7.11. The molecule has 0 radical (unpaired) electrons. The second-order valence-electron chi connectivity index (χ2n) is 5.34. The Morgan fingerprint density at radius 1 is 1.31 bits per heavy atom. The monoisotopic (exact) mass is 236 g/mol. The van der Waals surface area contributed by atoms with Crippen molar-refractivity contribution >= 4 is 11.3 Å². The predicted octanol–water partition coefficient (Wildman–Crippen LogP) is 2.77. The van der Waals surface area contributed by atoms with Crippen LogP contribution in [0, 0.1) is 18.8 Å². The van der Waals surface area contributed by atoms with E-state index in [1.807, 2.05) is 0 Å².